The van der Waals surface area contributed by atoms with E-state index in [1.807, 2.05) is 0 Å². The molecule has 9 heteroatoms. The van der Waals surface area contributed by atoms with Crippen LogP contribution in [0.15, 0.2) is 5.51 Å². The number of carboxylic acids is 1. The molecule has 1 rings (SSSR count). The number of amides is 2. The third kappa shape index (κ3) is 5.51. The summed E-state index contributed by atoms with van der Waals surface area (Å²) in [5.74, 6) is -1.63. The highest BCUT2D eigenvalue weighted by Crippen LogP contribution is 2.26. The molecule has 0 saturated heterocycles. The molecule has 0 aromatic carbocycles. The van der Waals surface area contributed by atoms with Crippen LogP contribution in [0.1, 0.15) is 51.2 Å². The number of imide groups is 1. The Balaban J connectivity index is 3.26. The molecule has 0 unspecified atom stereocenters. The van der Waals surface area contributed by atoms with Crippen LogP contribution in [0.25, 0.3) is 0 Å². The van der Waals surface area contributed by atoms with E-state index in [0.717, 1.165) is 11.3 Å². The van der Waals surface area contributed by atoms with E-state index in [1.54, 1.807) is 41.5 Å². The molecular formula is C14H20N2O6S. The van der Waals surface area contributed by atoms with Gasteiger partial charge in [0.25, 0.3) is 0 Å². The zero-order chi connectivity index (χ0) is 18.0. The summed E-state index contributed by atoms with van der Waals surface area (Å²) in [4.78, 5) is 39.9. The summed E-state index contributed by atoms with van der Waals surface area (Å²) in [5, 5.41) is 9.17. The standard InChI is InChI=1S/C14H20N2O6S/c1-13(2,3)21-11(19)16(12(20)22-14(4,5)6)9-8(10(17)18)23-7-15-9/h7H,1-6H3,(H,17,18). The van der Waals surface area contributed by atoms with Gasteiger partial charge in [-0.2, -0.15) is 4.90 Å². The lowest BCUT2D eigenvalue weighted by Gasteiger charge is -2.27. The Kier molecular flexibility index (Phi) is 5.36. The van der Waals surface area contributed by atoms with Gasteiger partial charge in [-0.1, -0.05) is 0 Å². The molecule has 8 nitrogen and oxygen atoms in total. The number of ether oxygens (including phenoxy) is 2. The molecule has 1 aromatic heterocycles. The summed E-state index contributed by atoms with van der Waals surface area (Å²) < 4.78 is 10.3. The lowest BCUT2D eigenvalue weighted by atomic mass is 10.2. The Bertz CT molecular complexity index is 584. The maximum Gasteiger partial charge on any atom is 0.425 e. The van der Waals surface area contributed by atoms with Crippen LogP contribution < -0.4 is 4.90 Å². The minimum atomic E-state index is -1.31. The molecule has 0 aliphatic heterocycles. The Labute approximate surface area is 138 Å². The van der Waals surface area contributed by atoms with Crippen molar-refractivity contribution in [3.8, 4) is 0 Å². The first-order chi connectivity index (χ1) is 10.3. The molecular weight excluding hydrogens is 324 g/mol. The fraction of sp³-hybridized carbons (Fsp3) is 0.571. The van der Waals surface area contributed by atoms with Crippen LogP contribution in [0.2, 0.25) is 0 Å². The van der Waals surface area contributed by atoms with E-state index in [9.17, 15) is 19.5 Å². The summed E-state index contributed by atoms with van der Waals surface area (Å²) in [6.07, 6.45) is -2.11. The largest absolute Gasteiger partial charge is 0.477 e. The number of hydrogen-bond donors (Lipinski definition) is 1. The van der Waals surface area contributed by atoms with Gasteiger partial charge in [0.15, 0.2) is 10.7 Å². The van der Waals surface area contributed by atoms with E-state index in [1.165, 1.54) is 5.51 Å². The zero-order valence-electron chi connectivity index (χ0n) is 13.9. The molecule has 23 heavy (non-hydrogen) atoms. The predicted molar refractivity (Wildman–Crippen MR) is 84.0 cm³/mol. The average Bonchev–Trinajstić information content (AvgIpc) is 2.72. The fourth-order valence-electron chi connectivity index (χ4n) is 1.41. The second-order valence-electron chi connectivity index (χ2n) is 6.61. The molecule has 0 bridgehead atoms. The number of carbonyl (C=O) groups is 3. The summed E-state index contributed by atoms with van der Waals surface area (Å²) in [7, 11) is 0. The van der Waals surface area contributed by atoms with Crippen molar-refractivity contribution in [2.75, 3.05) is 4.90 Å². The van der Waals surface area contributed by atoms with Gasteiger partial charge in [0, 0.05) is 0 Å². The first kappa shape index (κ1) is 18.9. The van der Waals surface area contributed by atoms with Crippen molar-refractivity contribution in [1.82, 2.24) is 4.98 Å². The molecule has 0 saturated carbocycles. The summed E-state index contributed by atoms with van der Waals surface area (Å²) in [6, 6.07) is 0. The first-order valence-electron chi connectivity index (χ1n) is 6.74. The van der Waals surface area contributed by atoms with Crippen molar-refractivity contribution in [3.05, 3.63) is 10.4 Å². The van der Waals surface area contributed by atoms with Crippen molar-refractivity contribution in [2.45, 2.75) is 52.7 Å². The third-order valence-corrected chi connectivity index (χ3v) is 2.91. The van der Waals surface area contributed by atoms with Crippen LogP contribution in [0.5, 0.6) is 0 Å². The van der Waals surface area contributed by atoms with Crippen LogP contribution in [-0.4, -0.2) is 39.4 Å². The van der Waals surface area contributed by atoms with Gasteiger partial charge in [0.05, 0.1) is 5.51 Å². The van der Waals surface area contributed by atoms with Gasteiger partial charge in [-0.25, -0.2) is 19.4 Å². The number of carboxylic acid groups (broad SMARTS) is 1. The Morgan fingerprint density at radius 2 is 1.48 bits per heavy atom. The van der Waals surface area contributed by atoms with E-state index < -0.39 is 29.4 Å². The molecule has 0 aliphatic rings. The van der Waals surface area contributed by atoms with Gasteiger partial charge in [-0.15, -0.1) is 11.3 Å². The molecule has 0 fully saturated rings. The Morgan fingerprint density at radius 1 is 1.04 bits per heavy atom. The van der Waals surface area contributed by atoms with Crippen molar-refractivity contribution >= 4 is 35.3 Å². The number of nitrogens with zero attached hydrogens (tertiary/aromatic N) is 2. The average molecular weight is 344 g/mol. The molecule has 0 spiro atoms. The number of rotatable bonds is 2. The third-order valence-electron chi connectivity index (χ3n) is 2.11. The van der Waals surface area contributed by atoms with E-state index in [4.69, 9.17) is 9.47 Å². The SMILES string of the molecule is CC(C)(C)OC(=O)N(C(=O)OC(C)(C)C)c1ncsc1C(=O)O. The Morgan fingerprint density at radius 3 is 1.83 bits per heavy atom. The smallest absolute Gasteiger partial charge is 0.425 e. The van der Waals surface area contributed by atoms with Crippen LogP contribution in [-0.2, 0) is 9.47 Å². The lowest BCUT2D eigenvalue weighted by Crippen LogP contribution is -2.44. The van der Waals surface area contributed by atoms with E-state index >= 15 is 0 Å². The fourth-order valence-corrected chi connectivity index (χ4v) is 2.02. The van der Waals surface area contributed by atoms with Crippen LogP contribution in [0.3, 0.4) is 0 Å². The monoisotopic (exact) mass is 344 g/mol. The maximum atomic E-state index is 12.3. The molecule has 0 atom stereocenters. The highest BCUT2D eigenvalue weighted by Gasteiger charge is 2.36. The molecule has 1 heterocycles. The van der Waals surface area contributed by atoms with Crippen molar-refractivity contribution in [2.24, 2.45) is 0 Å². The maximum absolute atomic E-state index is 12.3. The number of carbonyl (C=O) groups excluding carboxylic acids is 2. The minimum Gasteiger partial charge on any atom is -0.477 e. The number of aromatic nitrogens is 1. The van der Waals surface area contributed by atoms with Gasteiger partial charge >= 0.3 is 18.2 Å². The molecule has 128 valence electrons. The molecule has 1 aromatic rings. The van der Waals surface area contributed by atoms with E-state index in [2.05, 4.69) is 4.98 Å². The first-order valence-corrected chi connectivity index (χ1v) is 7.62. The highest BCUT2D eigenvalue weighted by molar-refractivity contribution is 7.12. The normalized spacial score (nSPS) is 11.7. The quantitative estimate of drug-likeness (QED) is 0.874. The summed E-state index contributed by atoms with van der Waals surface area (Å²) in [6.45, 7) is 9.73. The van der Waals surface area contributed by atoms with Gasteiger partial charge in [-0.3, -0.25) is 0 Å². The number of aromatic carboxylic acids is 1. The van der Waals surface area contributed by atoms with Crippen LogP contribution >= 0.6 is 11.3 Å². The zero-order valence-corrected chi connectivity index (χ0v) is 14.7. The highest BCUT2D eigenvalue weighted by atomic mass is 32.1. The van der Waals surface area contributed by atoms with Crippen molar-refractivity contribution < 1.29 is 29.0 Å². The second kappa shape index (κ2) is 6.53. The van der Waals surface area contributed by atoms with Crippen molar-refractivity contribution in [3.63, 3.8) is 0 Å². The Hall–Kier alpha value is -2.16. The number of thiazole rings is 1. The summed E-state index contributed by atoms with van der Waals surface area (Å²) >= 11 is 0.789. The summed E-state index contributed by atoms with van der Waals surface area (Å²) in [5.41, 5.74) is -0.534. The van der Waals surface area contributed by atoms with Gasteiger partial charge < -0.3 is 14.6 Å². The molecule has 1 N–H and O–H groups in total. The second-order valence-corrected chi connectivity index (χ2v) is 7.46. The van der Waals surface area contributed by atoms with Gasteiger partial charge in [0.2, 0.25) is 0 Å². The van der Waals surface area contributed by atoms with Gasteiger partial charge in [0.1, 0.15) is 11.2 Å². The van der Waals surface area contributed by atoms with E-state index in [-0.39, 0.29) is 10.7 Å². The van der Waals surface area contributed by atoms with Crippen LogP contribution in [0, 0.1) is 0 Å². The molecule has 2 amide bonds. The molecule has 0 aliphatic carbocycles. The van der Waals surface area contributed by atoms with E-state index in [0.29, 0.717) is 4.90 Å². The van der Waals surface area contributed by atoms with Gasteiger partial charge in [-0.05, 0) is 41.5 Å². The molecule has 0 radical (unpaired) electrons. The number of hydrogen-bond acceptors (Lipinski definition) is 7. The predicted octanol–water partition coefficient (Wildman–Crippen LogP) is 3.52. The number of anilines is 1. The topological polar surface area (TPSA) is 106 Å². The van der Waals surface area contributed by atoms with Crippen molar-refractivity contribution in [1.29, 1.82) is 0 Å². The van der Waals surface area contributed by atoms with Crippen LogP contribution in [0.4, 0.5) is 15.4 Å². The minimum absolute atomic E-state index is 0.262. The lowest BCUT2D eigenvalue weighted by molar-refractivity contribution is 0.0429.